The largest absolute Gasteiger partial charge is 0.376 e. The lowest BCUT2D eigenvalue weighted by Crippen LogP contribution is -2.54. The summed E-state index contributed by atoms with van der Waals surface area (Å²) in [6.07, 6.45) is -0.491. The number of nitrogens with one attached hydrogen (secondary N) is 1. The van der Waals surface area contributed by atoms with Gasteiger partial charge < -0.3 is 20.5 Å². The van der Waals surface area contributed by atoms with Crippen LogP contribution < -0.4 is 11.1 Å². The smallest absolute Gasteiger partial charge is 0.252 e. The average molecular weight is 239 g/mol. The number of amides is 1. The van der Waals surface area contributed by atoms with Gasteiger partial charge in [0.05, 0.1) is 19.8 Å². The van der Waals surface area contributed by atoms with Crippen molar-refractivity contribution in [2.75, 3.05) is 26.4 Å². The Morgan fingerprint density at radius 1 is 1.53 bits per heavy atom. The maximum atomic E-state index is 11.6. The van der Waals surface area contributed by atoms with E-state index in [1.807, 2.05) is 13.8 Å². The van der Waals surface area contributed by atoms with E-state index in [2.05, 4.69) is 5.32 Å². The molecular weight excluding hydrogens is 220 g/mol. The summed E-state index contributed by atoms with van der Waals surface area (Å²) in [4.78, 5) is 11.6. The van der Waals surface area contributed by atoms with Crippen molar-refractivity contribution in [2.45, 2.75) is 25.5 Å². The Hall–Kier alpha value is -0.360. The van der Waals surface area contributed by atoms with E-state index in [1.54, 1.807) is 0 Å². The molecule has 0 spiro atoms. The van der Waals surface area contributed by atoms with Crippen molar-refractivity contribution in [1.29, 1.82) is 0 Å². The molecule has 1 aliphatic rings. The first kappa shape index (κ1) is 14.6. The first-order valence-corrected chi connectivity index (χ1v) is 4.76. The highest BCUT2D eigenvalue weighted by atomic mass is 35.5. The van der Waals surface area contributed by atoms with Crippen LogP contribution in [0.5, 0.6) is 0 Å². The lowest BCUT2D eigenvalue weighted by atomic mass is 10.1. The van der Waals surface area contributed by atoms with E-state index in [1.165, 1.54) is 0 Å². The quantitative estimate of drug-likeness (QED) is 0.707. The summed E-state index contributed by atoms with van der Waals surface area (Å²) < 4.78 is 10.4. The molecule has 0 saturated carbocycles. The average Bonchev–Trinajstić information content (AvgIpc) is 2.19. The first-order chi connectivity index (χ1) is 6.55. The molecule has 1 heterocycles. The van der Waals surface area contributed by atoms with Gasteiger partial charge in [-0.15, -0.1) is 12.4 Å². The van der Waals surface area contributed by atoms with Gasteiger partial charge in [0.2, 0.25) is 0 Å². The zero-order valence-corrected chi connectivity index (χ0v) is 9.93. The number of carbonyl (C=O) groups excluding carboxylic acids is 1. The predicted molar refractivity (Wildman–Crippen MR) is 59.1 cm³/mol. The molecule has 0 aromatic carbocycles. The third-order valence-electron chi connectivity index (χ3n) is 2.08. The number of ether oxygens (including phenoxy) is 2. The molecule has 6 heteroatoms. The van der Waals surface area contributed by atoms with Crippen LogP contribution in [0.2, 0.25) is 0 Å². The van der Waals surface area contributed by atoms with Gasteiger partial charge in [0, 0.05) is 12.1 Å². The lowest BCUT2D eigenvalue weighted by molar-refractivity contribution is -0.149. The van der Waals surface area contributed by atoms with Crippen molar-refractivity contribution in [2.24, 2.45) is 5.73 Å². The minimum atomic E-state index is -0.491. The molecular formula is C9H19ClN2O3. The summed E-state index contributed by atoms with van der Waals surface area (Å²) in [5, 5.41) is 2.81. The molecule has 0 bridgehead atoms. The van der Waals surface area contributed by atoms with Gasteiger partial charge in [-0.3, -0.25) is 4.79 Å². The molecule has 3 N–H and O–H groups in total. The Morgan fingerprint density at radius 3 is 2.67 bits per heavy atom. The van der Waals surface area contributed by atoms with E-state index in [0.717, 1.165) is 0 Å². The second-order valence-electron chi connectivity index (χ2n) is 4.01. The zero-order chi connectivity index (χ0) is 10.6. The minimum absolute atomic E-state index is 0. The Kier molecular flexibility index (Phi) is 6.12. The first-order valence-electron chi connectivity index (χ1n) is 4.76. The molecule has 1 unspecified atom stereocenters. The summed E-state index contributed by atoms with van der Waals surface area (Å²) in [5.74, 6) is -0.153. The highest BCUT2D eigenvalue weighted by Crippen LogP contribution is 2.04. The van der Waals surface area contributed by atoms with Crippen molar-refractivity contribution in [1.82, 2.24) is 5.32 Å². The van der Waals surface area contributed by atoms with E-state index in [4.69, 9.17) is 15.2 Å². The van der Waals surface area contributed by atoms with Gasteiger partial charge >= 0.3 is 0 Å². The van der Waals surface area contributed by atoms with Crippen LogP contribution in [-0.2, 0) is 14.3 Å². The van der Waals surface area contributed by atoms with Crippen LogP contribution in [0.25, 0.3) is 0 Å². The molecule has 1 fully saturated rings. The molecule has 0 aliphatic carbocycles. The Balaban J connectivity index is 0.00000196. The fourth-order valence-corrected chi connectivity index (χ4v) is 1.10. The second-order valence-corrected chi connectivity index (χ2v) is 4.01. The Labute approximate surface area is 96.1 Å². The number of halogens is 1. The van der Waals surface area contributed by atoms with Gasteiger partial charge in [-0.2, -0.15) is 0 Å². The van der Waals surface area contributed by atoms with Crippen LogP contribution in [0, 0.1) is 0 Å². The van der Waals surface area contributed by atoms with E-state index >= 15 is 0 Å². The second kappa shape index (κ2) is 6.27. The third kappa shape index (κ3) is 4.79. The highest BCUT2D eigenvalue weighted by molar-refractivity contribution is 5.85. The molecule has 90 valence electrons. The number of nitrogens with two attached hydrogens (primary N) is 1. The molecule has 5 nitrogen and oxygen atoms in total. The minimum Gasteiger partial charge on any atom is -0.376 e. The molecule has 0 aromatic heterocycles. The Bertz CT molecular complexity index is 206. The van der Waals surface area contributed by atoms with E-state index in [9.17, 15) is 4.79 Å². The molecule has 15 heavy (non-hydrogen) atoms. The fourth-order valence-electron chi connectivity index (χ4n) is 1.10. The van der Waals surface area contributed by atoms with Crippen molar-refractivity contribution in [3.63, 3.8) is 0 Å². The number of hydrogen-bond acceptors (Lipinski definition) is 4. The third-order valence-corrected chi connectivity index (χ3v) is 2.08. The van der Waals surface area contributed by atoms with Gasteiger partial charge in [-0.25, -0.2) is 0 Å². The summed E-state index contributed by atoms with van der Waals surface area (Å²) in [6.45, 7) is 5.49. The van der Waals surface area contributed by atoms with E-state index < -0.39 is 11.6 Å². The maximum Gasteiger partial charge on any atom is 0.252 e. The van der Waals surface area contributed by atoms with E-state index in [-0.39, 0.29) is 18.3 Å². The topological polar surface area (TPSA) is 73.6 Å². The SMILES string of the molecule is CC(C)(CN)NC(=O)C1COCCO1.Cl. The molecule has 1 atom stereocenters. The van der Waals surface area contributed by atoms with Gasteiger partial charge in [-0.05, 0) is 13.8 Å². The fraction of sp³-hybridized carbons (Fsp3) is 0.889. The number of rotatable bonds is 3. The van der Waals surface area contributed by atoms with Crippen LogP contribution in [0.3, 0.4) is 0 Å². The van der Waals surface area contributed by atoms with Crippen molar-refractivity contribution >= 4 is 18.3 Å². The summed E-state index contributed by atoms with van der Waals surface area (Å²) in [7, 11) is 0. The van der Waals surface area contributed by atoms with Gasteiger partial charge in [0.25, 0.3) is 5.91 Å². The lowest BCUT2D eigenvalue weighted by Gasteiger charge is -2.28. The van der Waals surface area contributed by atoms with Crippen LogP contribution >= 0.6 is 12.4 Å². The number of carbonyl (C=O) groups is 1. The predicted octanol–water partition coefficient (Wildman–Crippen LogP) is -0.323. The maximum absolute atomic E-state index is 11.6. The molecule has 0 radical (unpaired) electrons. The summed E-state index contributed by atoms with van der Waals surface area (Å²) >= 11 is 0. The van der Waals surface area contributed by atoms with Gasteiger partial charge in [-0.1, -0.05) is 0 Å². The summed E-state index contributed by atoms with van der Waals surface area (Å²) in [6, 6.07) is 0. The highest BCUT2D eigenvalue weighted by Gasteiger charge is 2.27. The molecule has 1 amide bonds. The normalized spacial score (nSPS) is 21.7. The van der Waals surface area contributed by atoms with Crippen LogP contribution in [0.1, 0.15) is 13.8 Å². The molecule has 0 aromatic rings. The van der Waals surface area contributed by atoms with Crippen molar-refractivity contribution in [3.05, 3.63) is 0 Å². The molecule has 1 rings (SSSR count). The van der Waals surface area contributed by atoms with Crippen molar-refractivity contribution < 1.29 is 14.3 Å². The van der Waals surface area contributed by atoms with Crippen LogP contribution in [0.4, 0.5) is 0 Å². The Morgan fingerprint density at radius 2 is 2.20 bits per heavy atom. The summed E-state index contributed by atoms with van der Waals surface area (Å²) in [5.41, 5.74) is 5.11. The van der Waals surface area contributed by atoms with Crippen LogP contribution in [0.15, 0.2) is 0 Å². The standard InChI is InChI=1S/C9H18N2O3.ClH/c1-9(2,6-10)11-8(12)7-5-13-3-4-14-7;/h7H,3-6,10H2,1-2H3,(H,11,12);1H. The van der Waals surface area contributed by atoms with Crippen molar-refractivity contribution in [3.8, 4) is 0 Å². The molecule has 1 aliphatic heterocycles. The molecule has 1 saturated heterocycles. The van der Waals surface area contributed by atoms with Crippen LogP contribution in [-0.4, -0.2) is 43.9 Å². The van der Waals surface area contributed by atoms with E-state index in [0.29, 0.717) is 26.4 Å². The van der Waals surface area contributed by atoms with Gasteiger partial charge in [0.15, 0.2) is 6.10 Å². The number of hydrogen-bond donors (Lipinski definition) is 2. The zero-order valence-electron chi connectivity index (χ0n) is 9.12. The van der Waals surface area contributed by atoms with Gasteiger partial charge in [0.1, 0.15) is 0 Å². The monoisotopic (exact) mass is 238 g/mol.